The van der Waals surface area contributed by atoms with Crippen LogP contribution >= 0.6 is 0 Å². The number of aromatic nitrogens is 1. The standard InChI is InChI=1S/C17H17N3O/c1-20(12-13-6-3-2-4-7-13)17(21)19-16-9-5-8-15-14(16)10-11-18-15/h2-11,18H,12H2,1H3,(H,19,21). The third kappa shape index (κ3) is 2.89. The van der Waals surface area contributed by atoms with Crippen LogP contribution in [0.1, 0.15) is 5.56 Å². The number of carbonyl (C=O) groups excluding carboxylic acids is 1. The van der Waals surface area contributed by atoms with Crippen molar-refractivity contribution in [1.29, 1.82) is 0 Å². The highest BCUT2D eigenvalue weighted by molar-refractivity contribution is 6.00. The maximum Gasteiger partial charge on any atom is 0.321 e. The van der Waals surface area contributed by atoms with Gasteiger partial charge in [-0.1, -0.05) is 36.4 Å². The highest BCUT2D eigenvalue weighted by atomic mass is 16.2. The van der Waals surface area contributed by atoms with Crippen molar-refractivity contribution < 1.29 is 4.79 Å². The van der Waals surface area contributed by atoms with Gasteiger partial charge in [0.25, 0.3) is 0 Å². The van der Waals surface area contributed by atoms with E-state index in [0.29, 0.717) is 6.54 Å². The molecule has 3 rings (SSSR count). The second-order valence-electron chi connectivity index (χ2n) is 5.02. The van der Waals surface area contributed by atoms with Crippen molar-refractivity contribution in [2.45, 2.75) is 6.54 Å². The molecule has 0 aliphatic rings. The zero-order valence-corrected chi connectivity index (χ0v) is 11.8. The van der Waals surface area contributed by atoms with Crippen LogP contribution in [-0.4, -0.2) is 23.0 Å². The Kier molecular flexibility index (Phi) is 3.60. The first kappa shape index (κ1) is 13.2. The minimum atomic E-state index is -0.118. The third-order valence-electron chi connectivity index (χ3n) is 3.45. The van der Waals surface area contributed by atoms with E-state index in [1.807, 2.05) is 60.8 Å². The first-order chi connectivity index (χ1) is 10.2. The van der Waals surface area contributed by atoms with E-state index in [1.165, 1.54) is 0 Å². The monoisotopic (exact) mass is 279 g/mol. The number of rotatable bonds is 3. The lowest BCUT2D eigenvalue weighted by molar-refractivity contribution is 0.220. The van der Waals surface area contributed by atoms with E-state index in [4.69, 9.17) is 0 Å². The molecule has 0 saturated heterocycles. The Bertz CT molecular complexity index is 749. The second-order valence-corrected chi connectivity index (χ2v) is 5.02. The quantitative estimate of drug-likeness (QED) is 0.752. The molecule has 3 aromatic rings. The maximum atomic E-state index is 12.3. The van der Waals surface area contributed by atoms with Crippen LogP contribution in [0.4, 0.5) is 10.5 Å². The van der Waals surface area contributed by atoms with Gasteiger partial charge < -0.3 is 15.2 Å². The highest BCUT2D eigenvalue weighted by Gasteiger charge is 2.11. The summed E-state index contributed by atoms with van der Waals surface area (Å²) in [6, 6.07) is 17.6. The molecular weight excluding hydrogens is 262 g/mol. The fraction of sp³-hybridized carbons (Fsp3) is 0.118. The number of H-pyrrole nitrogens is 1. The number of nitrogens with zero attached hydrogens (tertiary/aromatic N) is 1. The van der Waals surface area contributed by atoms with E-state index >= 15 is 0 Å². The van der Waals surface area contributed by atoms with Crippen LogP contribution in [0.25, 0.3) is 10.9 Å². The van der Waals surface area contributed by atoms with Gasteiger partial charge in [-0.15, -0.1) is 0 Å². The molecule has 21 heavy (non-hydrogen) atoms. The number of fused-ring (bicyclic) bond motifs is 1. The molecule has 0 fully saturated rings. The molecule has 2 amide bonds. The SMILES string of the molecule is CN(Cc1ccccc1)C(=O)Nc1cccc2[nH]ccc12. The van der Waals surface area contributed by atoms with E-state index in [2.05, 4.69) is 10.3 Å². The van der Waals surface area contributed by atoms with Crippen molar-refractivity contribution in [3.8, 4) is 0 Å². The molecular formula is C17H17N3O. The van der Waals surface area contributed by atoms with Crippen molar-refractivity contribution in [1.82, 2.24) is 9.88 Å². The molecule has 0 bridgehead atoms. The molecule has 0 atom stereocenters. The Morgan fingerprint density at radius 3 is 2.71 bits per heavy atom. The van der Waals surface area contributed by atoms with Gasteiger partial charge in [-0.05, 0) is 23.8 Å². The summed E-state index contributed by atoms with van der Waals surface area (Å²) in [7, 11) is 1.79. The number of hydrogen-bond donors (Lipinski definition) is 2. The van der Waals surface area contributed by atoms with E-state index in [-0.39, 0.29) is 6.03 Å². The average molecular weight is 279 g/mol. The van der Waals surface area contributed by atoms with Gasteiger partial charge in [-0.25, -0.2) is 4.79 Å². The second kappa shape index (κ2) is 5.71. The topological polar surface area (TPSA) is 48.1 Å². The predicted molar refractivity (Wildman–Crippen MR) is 85.2 cm³/mol. The highest BCUT2D eigenvalue weighted by Crippen LogP contribution is 2.22. The molecule has 0 saturated carbocycles. The van der Waals surface area contributed by atoms with E-state index in [0.717, 1.165) is 22.2 Å². The van der Waals surface area contributed by atoms with Gasteiger partial charge in [0.15, 0.2) is 0 Å². The molecule has 0 spiro atoms. The Morgan fingerprint density at radius 1 is 1.10 bits per heavy atom. The van der Waals surface area contributed by atoms with Crippen molar-refractivity contribution in [3.63, 3.8) is 0 Å². The third-order valence-corrected chi connectivity index (χ3v) is 3.45. The van der Waals surface area contributed by atoms with E-state index < -0.39 is 0 Å². The molecule has 0 aliphatic heterocycles. The van der Waals surface area contributed by atoms with Gasteiger partial charge in [0.2, 0.25) is 0 Å². The van der Waals surface area contributed by atoms with E-state index in [1.54, 1.807) is 11.9 Å². The molecule has 106 valence electrons. The summed E-state index contributed by atoms with van der Waals surface area (Å²) in [6.07, 6.45) is 1.87. The number of aromatic amines is 1. The molecule has 4 heteroatoms. The summed E-state index contributed by atoms with van der Waals surface area (Å²) in [4.78, 5) is 17.1. The molecule has 0 radical (unpaired) electrons. The number of nitrogens with one attached hydrogen (secondary N) is 2. The van der Waals surface area contributed by atoms with Crippen molar-refractivity contribution >= 4 is 22.6 Å². The smallest absolute Gasteiger partial charge is 0.321 e. The summed E-state index contributed by atoms with van der Waals surface area (Å²) in [6.45, 7) is 0.579. The summed E-state index contributed by atoms with van der Waals surface area (Å²) in [5.74, 6) is 0. The number of urea groups is 1. The molecule has 0 aliphatic carbocycles. The Labute approximate surface area is 123 Å². The lowest BCUT2D eigenvalue weighted by Gasteiger charge is -2.18. The van der Waals surface area contributed by atoms with Crippen LogP contribution in [0.2, 0.25) is 0 Å². The zero-order valence-electron chi connectivity index (χ0n) is 11.8. The number of hydrogen-bond acceptors (Lipinski definition) is 1. The molecule has 1 aromatic heterocycles. The fourth-order valence-electron chi connectivity index (χ4n) is 2.33. The number of carbonyl (C=O) groups is 1. The summed E-state index contributed by atoms with van der Waals surface area (Å²) in [5, 5.41) is 3.97. The van der Waals surface area contributed by atoms with Crippen LogP contribution in [0.15, 0.2) is 60.8 Å². The number of amides is 2. The van der Waals surface area contributed by atoms with Gasteiger partial charge in [-0.3, -0.25) is 0 Å². The molecule has 0 unspecified atom stereocenters. The summed E-state index contributed by atoms with van der Waals surface area (Å²) in [5.41, 5.74) is 2.94. The van der Waals surface area contributed by atoms with Gasteiger partial charge in [0, 0.05) is 30.7 Å². The number of anilines is 1. The molecule has 4 nitrogen and oxygen atoms in total. The van der Waals surface area contributed by atoms with Gasteiger partial charge in [0.05, 0.1) is 5.69 Å². The van der Waals surface area contributed by atoms with Crippen LogP contribution in [0.5, 0.6) is 0 Å². The number of benzene rings is 2. The first-order valence-corrected chi connectivity index (χ1v) is 6.86. The average Bonchev–Trinajstić information content (AvgIpc) is 2.98. The van der Waals surface area contributed by atoms with Crippen molar-refractivity contribution in [3.05, 3.63) is 66.4 Å². The minimum absolute atomic E-state index is 0.118. The van der Waals surface area contributed by atoms with Crippen LogP contribution in [0.3, 0.4) is 0 Å². The Morgan fingerprint density at radius 2 is 1.90 bits per heavy atom. The van der Waals surface area contributed by atoms with Gasteiger partial charge >= 0.3 is 6.03 Å². The lowest BCUT2D eigenvalue weighted by atomic mass is 10.2. The summed E-state index contributed by atoms with van der Waals surface area (Å²) < 4.78 is 0. The molecule has 1 heterocycles. The zero-order chi connectivity index (χ0) is 14.7. The minimum Gasteiger partial charge on any atom is -0.361 e. The Balaban J connectivity index is 1.72. The fourth-order valence-corrected chi connectivity index (χ4v) is 2.33. The van der Waals surface area contributed by atoms with Crippen molar-refractivity contribution in [2.24, 2.45) is 0 Å². The van der Waals surface area contributed by atoms with Gasteiger partial charge in [0.1, 0.15) is 0 Å². The normalized spacial score (nSPS) is 10.5. The van der Waals surface area contributed by atoms with E-state index in [9.17, 15) is 4.79 Å². The molecule has 2 aromatic carbocycles. The van der Waals surface area contributed by atoms with Crippen LogP contribution in [-0.2, 0) is 6.54 Å². The largest absolute Gasteiger partial charge is 0.361 e. The van der Waals surface area contributed by atoms with Gasteiger partial charge in [-0.2, -0.15) is 0 Å². The predicted octanol–water partition coefficient (Wildman–Crippen LogP) is 3.83. The molecule has 2 N–H and O–H groups in total. The maximum absolute atomic E-state index is 12.3. The van der Waals surface area contributed by atoms with Crippen LogP contribution < -0.4 is 5.32 Å². The summed E-state index contributed by atoms with van der Waals surface area (Å²) >= 11 is 0. The van der Waals surface area contributed by atoms with Crippen molar-refractivity contribution in [2.75, 3.05) is 12.4 Å². The first-order valence-electron chi connectivity index (χ1n) is 6.86. The Hall–Kier alpha value is -2.75. The lowest BCUT2D eigenvalue weighted by Crippen LogP contribution is -2.30. The van der Waals surface area contributed by atoms with Crippen LogP contribution in [0, 0.1) is 0 Å².